The quantitative estimate of drug-likeness (QED) is 0.860. The fourth-order valence-corrected chi connectivity index (χ4v) is 2.30. The smallest absolute Gasteiger partial charge is 0.102 e. The minimum Gasteiger partial charge on any atom is -0.373 e. The van der Waals surface area contributed by atoms with Crippen LogP contribution in [0.2, 0.25) is 0 Å². The molecule has 1 fully saturated rings. The summed E-state index contributed by atoms with van der Waals surface area (Å²) in [6.45, 7) is 3.27. The van der Waals surface area contributed by atoms with Gasteiger partial charge in [-0.15, -0.1) is 0 Å². The van der Waals surface area contributed by atoms with E-state index in [9.17, 15) is 0 Å². The Morgan fingerprint density at radius 3 is 3.18 bits per heavy atom. The highest BCUT2D eigenvalue weighted by molar-refractivity contribution is 5.61. The zero-order valence-electron chi connectivity index (χ0n) is 9.76. The summed E-state index contributed by atoms with van der Waals surface area (Å²) in [5, 5.41) is 3.31. The molecule has 1 saturated heterocycles. The molecule has 1 aliphatic carbocycles. The van der Waals surface area contributed by atoms with Crippen molar-refractivity contribution in [2.45, 2.75) is 12.2 Å². The molecular formula is C14H17NO2. The first-order chi connectivity index (χ1) is 8.43. The Hall–Kier alpha value is -1.16. The average Bonchev–Trinajstić information content (AvgIpc) is 2.81. The summed E-state index contributed by atoms with van der Waals surface area (Å²) >= 11 is 0. The monoisotopic (exact) mass is 231 g/mol. The Labute approximate surface area is 101 Å². The van der Waals surface area contributed by atoms with E-state index in [4.69, 9.17) is 9.47 Å². The normalized spacial score (nSPS) is 27.1. The van der Waals surface area contributed by atoms with Crippen LogP contribution in [0.15, 0.2) is 30.3 Å². The van der Waals surface area contributed by atoms with Crippen molar-refractivity contribution in [3.63, 3.8) is 0 Å². The second kappa shape index (κ2) is 5.00. The van der Waals surface area contributed by atoms with E-state index in [-0.39, 0.29) is 12.2 Å². The molecule has 2 unspecified atom stereocenters. The van der Waals surface area contributed by atoms with Gasteiger partial charge >= 0.3 is 0 Å². The van der Waals surface area contributed by atoms with Gasteiger partial charge in [-0.2, -0.15) is 0 Å². The molecule has 0 spiro atoms. The lowest BCUT2D eigenvalue weighted by molar-refractivity contribution is -0.0451. The predicted molar refractivity (Wildman–Crippen MR) is 66.8 cm³/mol. The number of hydrogen-bond acceptors (Lipinski definition) is 3. The minimum absolute atomic E-state index is 0.0942. The Balaban J connectivity index is 1.58. The van der Waals surface area contributed by atoms with Crippen molar-refractivity contribution >= 4 is 6.08 Å². The summed E-state index contributed by atoms with van der Waals surface area (Å²) in [5.41, 5.74) is 2.52. The number of hydrogen-bond donors (Lipinski definition) is 1. The zero-order valence-corrected chi connectivity index (χ0v) is 9.76. The molecule has 3 rings (SSSR count). The molecule has 1 aliphatic heterocycles. The van der Waals surface area contributed by atoms with E-state index in [1.165, 1.54) is 11.1 Å². The van der Waals surface area contributed by atoms with Gasteiger partial charge in [0.15, 0.2) is 0 Å². The molecule has 1 aromatic rings. The van der Waals surface area contributed by atoms with Gasteiger partial charge in [0, 0.05) is 13.1 Å². The molecule has 90 valence electrons. The van der Waals surface area contributed by atoms with Crippen LogP contribution in [0.4, 0.5) is 0 Å². The van der Waals surface area contributed by atoms with Crippen LogP contribution in [0, 0.1) is 0 Å². The van der Waals surface area contributed by atoms with Crippen molar-refractivity contribution in [2.75, 3.05) is 26.3 Å². The molecule has 2 atom stereocenters. The largest absolute Gasteiger partial charge is 0.373 e. The van der Waals surface area contributed by atoms with Gasteiger partial charge < -0.3 is 14.8 Å². The van der Waals surface area contributed by atoms with Gasteiger partial charge in [-0.25, -0.2) is 0 Å². The van der Waals surface area contributed by atoms with E-state index >= 15 is 0 Å². The van der Waals surface area contributed by atoms with Crippen molar-refractivity contribution in [1.29, 1.82) is 0 Å². The van der Waals surface area contributed by atoms with E-state index in [0.29, 0.717) is 6.61 Å². The van der Waals surface area contributed by atoms with Crippen LogP contribution < -0.4 is 5.32 Å². The van der Waals surface area contributed by atoms with Crippen LogP contribution in [0.25, 0.3) is 6.08 Å². The molecule has 2 aliphatic rings. The number of rotatable bonds is 3. The number of morpholine rings is 1. The summed E-state index contributed by atoms with van der Waals surface area (Å²) in [5.74, 6) is 0. The summed E-state index contributed by atoms with van der Waals surface area (Å²) in [6.07, 6.45) is 4.52. The van der Waals surface area contributed by atoms with E-state index < -0.39 is 0 Å². The van der Waals surface area contributed by atoms with Crippen LogP contribution in [-0.2, 0) is 9.47 Å². The van der Waals surface area contributed by atoms with Crippen molar-refractivity contribution in [1.82, 2.24) is 5.32 Å². The summed E-state index contributed by atoms with van der Waals surface area (Å²) < 4.78 is 11.5. The molecule has 0 bridgehead atoms. The van der Waals surface area contributed by atoms with Gasteiger partial charge in [0.05, 0.1) is 19.3 Å². The van der Waals surface area contributed by atoms with Crippen LogP contribution >= 0.6 is 0 Å². The number of benzene rings is 1. The van der Waals surface area contributed by atoms with Crippen LogP contribution in [0.3, 0.4) is 0 Å². The number of fused-ring (bicyclic) bond motifs is 1. The van der Waals surface area contributed by atoms with Crippen molar-refractivity contribution in [3.05, 3.63) is 41.5 Å². The third kappa shape index (κ3) is 2.41. The second-order valence-electron chi connectivity index (χ2n) is 4.44. The Bertz CT molecular complexity index is 410. The Morgan fingerprint density at radius 1 is 1.35 bits per heavy atom. The highest BCUT2D eigenvalue weighted by Crippen LogP contribution is 2.30. The average molecular weight is 231 g/mol. The van der Waals surface area contributed by atoms with Crippen molar-refractivity contribution in [2.24, 2.45) is 0 Å². The lowest BCUT2D eigenvalue weighted by Crippen LogP contribution is -2.41. The Kier molecular flexibility index (Phi) is 3.22. The first-order valence-corrected chi connectivity index (χ1v) is 6.14. The molecule has 1 heterocycles. The number of nitrogens with one attached hydrogen (secondary N) is 1. The fraction of sp³-hybridized carbons (Fsp3) is 0.429. The Morgan fingerprint density at radius 2 is 2.29 bits per heavy atom. The molecule has 0 radical (unpaired) electrons. The highest BCUT2D eigenvalue weighted by atomic mass is 16.5. The van der Waals surface area contributed by atoms with Gasteiger partial charge in [-0.05, 0) is 11.1 Å². The maximum absolute atomic E-state index is 5.92. The maximum Gasteiger partial charge on any atom is 0.102 e. The standard InChI is InChI=1S/C14H17NO2/c1-2-4-13-11(3-1)5-6-14(13)17-10-12-9-15-7-8-16-12/h1-6,12,14-15H,7-10H2. The summed E-state index contributed by atoms with van der Waals surface area (Å²) in [7, 11) is 0. The second-order valence-corrected chi connectivity index (χ2v) is 4.44. The van der Waals surface area contributed by atoms with Crippen LogP contribution in [0.1, 0.15) is 17.2 Å². The first kappa shape index (κ1) is 11.0. The van der Waals surface area contributed by atoms with Gasteiger partial charge in [0.2, 0.25) is 0 Å². The molecule has 3 heteroatoms. The lowest BCUT2D eigenvalue weighted by atomic mass is 10.1. The summed E-state index contributed by atoms with van der Waals surface area (Å²) in [4.78, 5) is 0. The van der Waals surface area contributed by atoms with Gasteiger partial charge in [-0.3, -0.25) is 0 Å². The molecule has 0 saturated carbocycles. The van der Waals surface area contributed by atoms with E-state index in [1.54, 1.807) is 0 Å². The minimum atomic E-state index is 0.0942. The highest BCUT2D eigenvalue weighted by Gasteiger charge is 2.20. The van der Waals surface area contributed by atoms with Gasteiger partial charge in [0.25, 0.3) is 0 Å². The molecule has 0 aromatic heterocycles. The molecule has 1 N–H and O–H groups in total. The van der Waals surface area contributed by atoms with Gasteiger partial charge in [-0.1, -0.05) is 36.4 Å². The molecule has 17 heavy (non-hydrogen) atoms. The van der Waals surface area contributed by atoms with E-state index in [1.807, 2.05) is 0 Å². The number of ether oxygens (including phenoxy) is 2. The van der Waals surface area contributed by atoms with E-state index in [2.05, 4.69) is 41.7 Å². The van der Waals surface area contributed by atoms with Crippen molar-refractivity contribution in [3.8, 4) is 0 Å². The van der Waals surface area contributed by atoms with Crippen LogP contribution in [-0.4, -0.2) is 32.4 Å². The zero-order chi connectivity index (χ0) is 11.5. The van der Waals surface area contributed by atoms with Crippen molar-refractivity contribution < 1.29 is 9.47 Å². The topological polar surface area (TPSA) is 30.5 Å². The van der Waals surface area contributed by atoms with Gasteiger partial charge in [0.1, 0.15) is 6.10 Å². The van der Waals surface area contributed by atoms with E-state index in [0.717, 1.165) is 19.7 Å². The first-order valence-electron chi connectivity index (χ1n) is 6.14. The SMILES string of the molecule is C1=CC(OCC2CNCCO2)c2ccccc21. The molecule has 3 nitrogen and oxygen atoms in total. The lowest BCUT2D eigenvalue weighted by Gasteiger charge is -2.24. The molecule has 0 amide bonds. The molecular weight excluding hydrogens is 214 g/mol. The predicted octanol–water partition coefficient (Wildman–Crippen LogP) is 1.76. The van der Waals surface area contributed by atoms with Crippen LogP contribution in [0.5, 0.6) is 0 Å². The summed E-state index contributed by atoms with van der Waals surface area (Å²) in [6, 6.07) is 8.36. The molecule has 1 aromatic carbocycles. The third-order valence-electron chi connectivity index (χ3n) is 3.22. The maximum atomic E-state index is 5.92. The fourth-order valence-electron chi connectivity index (χ4n) is 2.30. The third-order valence-corrected chi connectivity index (χ3v) is 3.22.